The summed E-state index contributed by atoms with van der Waals surface area (Å²) < 4.78 is 50.9. The molecule has 1 unspecified atom stereocenters. The Kier molecular flexibility index (Phi) is 3.77. The van der Waals surface area contributed by atoms with Gasteiger partial charge in [0.25, 0.3) is 0 Å². The number of nitrogens with one attached hydrogen (secondary N) is 2. The zero-order valence-corrected chi connectivity index (χ0v) is 14.3. The Bertz CT molecular complexity index is 876. The van der Waals surface area contributed by atoms with Crippen LogP contribution in [0, 0.1) is 0 Å². The highest BCUT2D eigenvalue weighted by Crippen LogP contribution is 2.28. The third-order valence-electron chi connectivity index (χ3n) is 4.17. The highest BCUT2D eigenvalue weighted by Gasteiger charge is 2.41. The average Bonchev–Trinajstić information content (AvgIpc) is 2.70. The first-order valence-electron chi connectivity index (χ1n) is 7.26. The maximum absolute atomic E-state index is 12.6. The summed E-state index contributed by atoms with van der Waals surface area (Å²) >= 11 is 0. The fraction of sp³-hybridized carbons (Fsp3) is 0.500. The van der Waals surface area contributed by atoms with E-state index < -0.39 is 25.4 Å². The lowest BCUT2D eigenvalue weighted by atomic mass is 10.0. The van der Waals surface area contributed by atoms with Gasteiger partial charge in [0.05, 0.1) is 16.4 Å². The summed E-state index contributed by atoms with van der Waals surface area (Å²) in [5.41, 5.74) is 0.397. The van der Waals surface area contributed by atoms with Crippen molar-refractivity contribution in [3.05, 3.63) is 23.8 Å². The number of sulfonamides is 1. The molecular formula is C14H18N2O5S2. The molecule has 0 saturated carbocycles. The van der Waals surface area contributed by atoms with E-state index in [0.29, 0.717) is 18.5 Å². The van der Waals surface area contributed by atoms with Crippen molar-refractivity contribution in [3.63, 3.8) is 0 Å². The van der Waals surface area contributed by atoms with Crippen LogP contribution in [0.2, 0.25) is 0 Å². The number of anilines is 1. The van der Waals surface area contributed by atoms with E-state index in [9.17, 15) is 21.6 Å². The summed E-state index contributed by atoms with van der Waals surface area (Å²) in [7, 11) is -7.03. The molecule has 1 fully saturated rings. The molecule has 0 aromatic heterocycles. The van der Waals surface area contributed by atoms with Gasteiger partial charge in [0, 0.05) is 17.6 Å². The number of fused-ring (bicyclic) bond motifs is 1. The molecule has 2 heterocycles. The summed E-state index contributed by atoms with van der Waals surface area (Å²) in [5.74, 6) is -0.294. The first-order chi connectivity index (χ1) is 10.6. The van der Waals surface area contributed by atoms with E-state index >= 15 is 0 Å². The van der Waals surface area contributed by atoms with Gasteiger partial charge < -0.3 is 5.32 Å². The second-order valence-corrected chi connectivity index (χ2v) is 10.2. The SMILES string of the molecule is CC1(NS(=O)(=O)c2ccc3c(c2)CCC(=O)N3)CCS(=O)(=O)C1. The number of carbonyl (C=O) groups is 1. The van der Waals surface area contributed by atoms with Gasteiger partial charge in [-0.15, -0.1) is 0 Å². The van der Waals surface area contributed by atoms with E-state index in [1.807, 2.05) is 0 Å². The Labute approximate surface area is 135 Å². The third-order valence-corrected chi connectivity index (χ3v) is 7.71. The van der Waals surface area contributed by atoms with Gasteiger partial charge in [-0.3, -0.25) is 4.79 Å². The van der Waals surface area contributed by atoms with E-state index in [0.717, 1.165) is 5.56 Å². The Hall–Kier alpha value is -1.45. The largest absolute Gasteiger partial charge is 0.326 e. The lowest BCUT2D eigenvalue weighted by molar-refractivity contribution is -0.116. The Morgan fingerprint density at radius 3 is 2.65 bits per heavy atom. The van der Waals surface area contributed by atoms with Crippen LogP contribution in [0.1, 0.15) is 25.3 Å². The fourth-order valence-electron chi connectivity index (χ4n) is 3.00. The first kappa shape index (κ1) is 16.4. The highest BCUT2D eigenvalue weighted by atomic mass is 32.2. The van der Waals surface area contributed by atoms with Gasteiger partial charge >= 0.3 is 0 Å². The maximum atomic E-state index is 12.6. The van der Waals surface area contributed by atoms with Crippen LogP contribution in [0.25, 0.3) is 0 Å². The van der Waals surface area contributed by atoms with Crippen LogP contribution >= 0.6 is 0 Å². The minimum atomic E-state index is -3.83. The standard InChI is InChI=1S/C14H18N2O5S2/c1-14(6-7-22(18,19)9-14)16-23(20,21)11-3-4-12-10(8-11)2-5-13(17)15-12/h3-4,8,16H,2,5-7,9H2,1H3,(H,15,17). The molecule has 9 heteroatoms. The molecule has 0 spiro atoms. The van der Waals surface area contributed by atoms with E-state index in [-0.39, 0.29) is 28.7 Å². The van der Waals surface area contributed by atoms with Crippen molar-refractivity contribution in [2.45, 2.75) is 36.6 Å². The first-order valence-corrected chi connectivity index (χ1v) is 10.6. The predicted molar refractivity (Wildman–Crippen MR) is 85.4 cm³/mol. The number of carbonyl (C=O) groups excluding carboxylic acids is 1. The predicted octanol–water partition coefficient (Wildman–Crippen LogP) is 0.427. The number of sulfone groups is 1. The molecule has 0 bridgehead atoms. The minimum Gasteiger partial charge on any atom is -0.326 e. The second-order valence-electron chi connectivity index (χ2n) is 6.38. The molecule has 0 aliphatic carbocycles. The van der Waals surface area contributed by atoms with Gasteiger partial charge in [-0.2, -0.15) is 0 Å². The molecule has 1 aromatic rings. The van der Waals surface area contributed by atoms with Crippen molar-refractivity contribution in [1.29, 1.82) is 0 Å². The van der Waals surface area contributed by atoms with Crippen LogP contribution in [0.5, 0.6) is 0 Å². The van der Waals surface area contributed by atoms with Crippen LogP contribution in [-0.4, -0.2) is 39.8 Å². The highest BCUT2D eigenvalue weighted by molar-refractivity contribution is 7.92. The van der Waals surface area contributed by atoms with Crippen LogP contribution < -0.4 is 10.0 Å². The van der Waals surface area contributed by atoms with Gasteiger partial charge in [-0.25, -0.2) is 21.6 Å². The summed E-state index contributed by atoms with van der Waals surface area (Å²) in [5, 5.41) is 2.70. The normalized spacial score (nSPS) is 26.6. The zero-order valence-electron chi connectivity index (χ0n) is 12.6. The van der Waals surface area contributed by atoms with E-state index in [1.165, 1.54) is 12.1 Å². The smallest absolute Gasteiger partial charge is 0.241 e. The van der Waals surface area contributed by atoms with E-state index in [2.05, 4.69) is 10.0 Å². The lowest BCUT2D eigenvalue weighted by Crippen LogP contribution is -2.46. The molecule has 1 amide bonds. The van der Waals surface area contributed by atoms with Gasteiger partial charge in [0.15, 0.2) is 9.84 Å². The fourth-order valence-corrected chi connectivity index (χ4v) is 6.67. The monoisotopic (exact) mass is 358 g/mol. The Morgan fingerprint density at radius 1 is 1.26 bits per heavy atom. The summed E-state index contributed by atoms with van der Waals surface area (Å²) in [6, 6.07) is 4.51. The maximum Gasteiger partial charge on any atom is 0.241 e. The molecule has 0 radical (unpaired) electrons. The van der Waals surface area contributed by atoms with E-state index in [1.54, 1.807) is 13.0 Å². The van der Waals surface area contributed by atoms with Crippen molar-refractivity contribution in [2.75, 3.05) is 16.8 Å². The topological polar surface area (TPSA) is 109 Å². The Morgan fingerprint density at radius 2 is 2.00 bits per heavy atom. The van der Waals surface area contributed by atoms with Gasteiger partial charge in [0.1, 0.15) is 0 Å². The molecule has 1 aromatic carbocycles. The molecule has 2 N–H and O–H groups in total. The van der Waals surface area contributed by atoms with Gasteiger partial charge in [0.2, 0.25) is 15.9 Å². The molecule has 126 valence electrons. The van der Waals surface area contributed by atoms with E-state index in [4.69, 9.17) is 0 Å². The molecule has 2 aliphatic rings. The molecule has 7 nitrogen and oxygen atoms in total. The molecule has 1 atom stereocenters. The van der Waals surface area contributed by atoms with Crippen LogP contribution in [0.4, 0.5) is 5.69 Å². The molecule has 2 aliphatic heterocycles. The molecule has 1 saturated heterocycles. The number of aryl methyl sites for hydroxylation is 1. The average molecular weight is 358 g/mol. The number of hydrogen-bond donors (Lipinski definition) is 2. The number of amides is 1. The Balaban J connectivity index is 1.87. The minimum absolute atomic E-state index is 0.0117. The molecule has 23 heavy (non-hydrogen) atoms. The van der Waals surface area contributed by atoms with Crippen molar-refractivity contribution in [2.24, 2.45) is 0 Å². The number of hydrogen-bond acceptors (Lipinski definition) is 5. The summed E-state index contributed by atoms with van der Waals surface area (Å²) in [6.45, 7) is 1.60. The van der Waals surface area contributed by atoms with Gasteiger partial charge in [-0.05, 0) is 43.5 Å². The lowest BCUT2D eigenvalue weighted by Gasteiger charge is -2.24. The zero-order chi connectivity index (χ0) is 16.9. The van der Waals surface area contributed by atoms with Crippen LogP contribution in [0.3, 0.4) is 0 Å². The van der Waals surface area contributed by atoms with Crippen LogP contribution in [-0.2, 0) is 31.1 Å². The van der Waals surface area contributed by atoms with Crippen molar-refractivity contribution >= 4 is 31.5 Å². The van der Waals surface area contributed by atoms with Crippen molar-refractivity contribution in [1.82, 2.24) is 4.72 Å². The quantitative estimate of drug-likeness (QED) is 0.814. The molecular weight excluding hydrogens is 340 g/mol. The van der Waals surface area contributed by atoms with Crippen molar-refractivity contribution < 1.29 is 21.6 Å². The third kappa shape index (κ3) is 3.41. The second kappa shape index (κ2) is 5.29. The van der Waals surface area contributed by atoms with Crippen LogP contribution in [0.15, 0.2) is 23.1 Å². The summed E-state index contributed by atoms with van der Waals surface area (Å²) in [6.07, 6.45) is 1.06. The van der Waals surface area contributed by atoms with Gasteiger partial charge in [-0.1, -0.05) is 0 Å². The van der Waals surface area contributed by atoms with Crippen molar-refractivity contribution in [3.8, 4) is 0 Å². The molecule has 3 rings (SSSR count). The number of benzene rings is 1. The summed E-state index contributed by atoms with van der Waals surface area (Å²) in [4.78, 5) is 11.4. The number of rotatable bonds is 3.